The van der Waals surface area contributed by atoms with Gasteiger partial charge in [0, 0.05) is 12.8 Å². The van der Waals surface area contributed by atoms with Gasteiger partial charge in [0.2, 0.25) is 5.91 Å². The molecular formula is C28H34N2O9S. The summed E-state index contributed by atoms with van der Waals surface area (Å²) in [5.41, 5.74) is 3.49. The van der Waals surface area contributed by atoms with Crippen LogP contribution in [0.1, 0.15) is 36.8 Å². The van der Waals surface area contributed by atoms with Crippen molar-refractivity contribution in [3.8, 4) is 11.1 Å². The van der Waals surface area contributed by atoms with Crippen molar-refractivity contribution in [3.05, 3.63) is 59.7 Å². The first-order valence-corrected chi connectivity index (χ1v) is 14.1. The van der Waals surface area contributed by atoms with Gasteiger partial charge in [-0.25, -0.2) is 9.59 Å². The molecule has 0 radical (unpaired) electrons. The van der Waals surface area contributed by atoms with Gasteiger partial charge in [-0.15, -0.1) is 11.8 Å². The van der Waals surface area contributed by atoms with Crippen LogP contribution in [0.5, 0.6) is 0 Å². The van der Waals surface area contributed by atoms with E-state index in [9.17, 15) is 34.8 Å². The zero-order valence-corrected chi connectivity index (χ0v) is 22.8. The molecule has 0 unspecified atom stereocenters. The Hall–Kier alpha value is -3.16. The number of carbonyl (C=O) groups is 3. The predicted octanol–water partition coefficient (Wildman–Crippen LogP) is 1.44. The number of hydrogen-bond donors (Lipinski definition) is 6. The van der Waals surface area contributed by atoms with Crippen molar-refractivity contribution >= 4 is 29.7 Å². The fourth-order valence-electron chi connectivity index (χ4n) is 5.14. The summed E-state index contributed by atoms with van der Waals surface area (Å²) in [5.74, 6) is -1.42. The lowest BCUT2D eigenvalue weighted by Gasteiger charge is -2.42. The summed E-state index contributed by atoms with van der Waals surface area (Å²) in [7, 11) is 0. The van der Waals surface area contributed by atoms with E-state index in [0.717, 1.165) is 22.3 Å². The van der Waals surface area contributed by atoms with Crippen LogP contribution >= 0.6 is 11.8 Å². The second-order valence-electron chi connectivity index (χ2n) is 9.81. The van der Waals surface area contributed by atoms with Crippen molar-refractivity contribution < 1.29 is 44.3 Å². The number of hydrogen-bond acceptors (Lipinski definition) is 9. The standard InChI is InChI=1S/C28H34N2O9S/c1-15(32)29-23-25(34)24(33)22(13-31)39-27(23)40-12-6-11-21(26(35)36)30-28(37)38-14-20-18-9-4-2-7-16(18)17-8-3-5-10-19(17)20/h2-5,7-10,20-25,27,31,33-34H,6,11-14H2,1H3,(H,29,32)(H,30,37)(H,35,36)/t21-,22+,23+,24+,25+,27-/m0/s1. The van der Waals surface area contributed by atoms with Gasteiger partial charge in [-0.1, -0.05) is 48.5 Å². The Morgan fingerprint density at radius 3 is 2.23 bits per heavy atom. The number of nitrogens with one attached hydrogen (secondary N) is 2. The zero-order chi connectivity index (χ0) is 28.8. The quantitative estimate of drug-likeness (QED) is 0.216. The van der Waals surface area contributed by atoms with Crippen LogP contribution in [-0.4, -0.2) is 93.2 Å². The van der Waals surface area contributed by atoms with E-state index >= 15 is 0 Å². The minimum atomic E-state index is -1.38. The number of thioether (sulfide) groups is 1. The first kappa shape index (κ1) is 29.8. The van der Waals surface area contributed by atoms with Crippen molar-refractivity contribution in [2.45, 2.75) is 61.5 Å². The van der Waals surface area contributed by atoms with Gasteiger partial charge in [0.15, 0.2) is 0 Å². The third-order valence-corrected chi connectivity index (χ3v) is 8.36. The summed E-state index contributed by atoms with van der Waals surface area (Å²) in [6.07, 6.45) is -4.14. The van der Waals surface area contributed by atoms with Gasteiger partial charge in [-0.2, -0.15) is 0 Å². The SMILES string of the molecule is CC(=O)N[C@@H]1[C@@H](O)[C@H](O)[C@@H](CO)O[C@H]1SCCC[C@H](NC(=O)OCC1c2ccccc2-c2ccccc21)C(=O)O. The summed E-state index contributed by atoms with van der Waals surface area (Å²) >= 11 is 1.20. The number of carbonyl (C=O) groups excluding carboxylic acids is 2. The van der Waals surface area contributed by atoms with Crippen LogP contribution in [0.25, 0.3) is 11.1 Å². The molecule has 2 amide bonds. The Labute approximate surface area is 235 Å². The number of alkyl carbamates (subject to hydrolysis) is 1. The second kappa shape index (κ2) is 13.5. The van der Waals surface area contributed by atoms with Gasteiger partial charge in [0.1, 0.15) is 36.4 Å². The molecule has 1 fully saturated rings. The minimum absolute atomic E-state index is 0.0613. The minimum Gasteiger partial charge on any atom is -0.480 e. The number of amides is 2. The normalized spacial score (nSPS) is 24.4. The number of aliphatic hydroxyl groups is 3. The van der Waals surface area contributed by atoms with Crippen LogP contribution in [0, 0.1) is 0 Å². The molecule has 0 saturated carbocycles. The summed E-state index contributed by atoms with van der Waals surface area (Å²) < 4.78 is 11.1. The Balaban J connectivity index is 1.28. The van der Waals surface area contributed by atoms with E-state index < -0.39 is 60.4 Å². The topological polar surface area (TPSA) is 175 Å². The Morgan fingerprint density at radius 2 is 1.65 bits per heavy atom. The molecule has 1 aliphatic carbocycles. The van der Waals surface area contributed by atoms with E-state index in [1.54, 1.807) is 0 Å². The Kier molecular flexibility index (Phi) is 10.0. The van der Waals surface area contributed by atoms with E-state index in [-0.39, 0.29) is 18.9 Å². The lowest BCUT2D eigenvalue weighted by atomic mass is 9.98. The molecule has 0 spiro atoms. The maximum Gasteiger partial charge on any atom is 0.407 e. The van der Waals surface area contributed by atoms with E-state index in [2.05, 4.69) is 10.6 Å². The summed E-state index contributed by atoms with van der Waals surface area (Å²) in [6.45, 7) is 0.810. The van der Waals surface area contributed by atoms with Gasteiger partial charge < -0.3 is 40.5 Å². The largest absolute Gasteiger partial charge is 0.480 e. The molecule has 6 atom stereocenters. The highest BCUT2D eigenvalue weighted by atomic mass is 32.2. The molecular weight excluding hydrogens is 540 g/mol. The maximum absolute atomic E-state index is 12.6. The molecule has 0 aromatic heterocycles. The number of ether oxygens (including phenoxy) is 2. The van der Waals surface area contributed by atoms with Crippen LogP contribution in [0.3, 0.4) is 0 Å². The number of aliphatic hydroxyl groups excluding tert-OH is 3. The smallest absolute Gasteiger partial charge is 0.407 e. The highest BCUT2D eigenvalue weighted by Gasteiger charge is 2.44. The fraction of sp³-hybridized carbons (Fsp3) is 0.464. The number of fused-ring (bicyclic) bond motifs is 3. The van der Waals surface area contributed by atoms with E-state index in [4.69, 9.17) is 9.47 Å². The van der Waals surface area contributed by atoms with Crippen LogP contribution in [0.2, 0.25) is 0 Å². The molecule has 1 aliphatic heterocycles. The molecule has 12 heteroatoms. The maximum atomic E-state index is 12.6. The average Bonchev–Trinajstić information content (AvgIpc) is 3.26. The molecule has 4 rings (SSSR count). The molecule has 2 aromatic carbocycles. The lowest BCUT2D eigenvalue weighted by Crippen LogP contribution is -2.63. The first-order valence-electron chi connectivity index (χ1n) is 13.1. The van der Waals surface area contributed by atoms with Crippen molar-refractivity contribution in [1.29, 1.82) is 0 Å². The predicted molar refractivity (Wildman–Crippen MR) is 147 cm³/mol. The number of aliphatic carboxylic acids is 1. The van der Waals surface area contributed by atoms with E-state index in [1.807, 2.05) is 48.5 Å². The summed E-state index contributed by atoms with van der Waals surface area (Å²) in [5, 5.41) is 44.6. The van der Waals surface area contributed by atoms with Crippen molar-refractivity contribution in [1.82, 2.24) is 10.6 Å². The number of rotatable bonds is 11. The third kappa shape index (κ3) is 6.76. The molecule has 2 aromatic rings. The fourth-order valence-corrected chi connectivity index (χ4v) is 6.36. The van der Waals surface area contributed by atoms with E-state index in [0.29, 0.717) is 12.2 Å². The summed E-state index contributed by atoms with van der Waals surface area (Å²) in [6, 6.07) is 13.7. The summed E-state index contributed by atoms with van der Waals surface area (Å²) in [4.78, 5) is 36.0. The van der Waals surface area contributed by atoms with Crippen LogP contribution < -0.4 is 10.6 Å². The number of carboxylic acids is 1. The van der Waals surface area contributed by atoms with Crippen molar-refractivity contribution in [2.24, 2.45) is 0 Å². The van der Waals surface area contributed by atoms with Crippen LogP contribution in [0.4, 0.5) is 4.79 Å². The average molecular weight is 575 g/mol. The highest BCUT2D eigenvalue weighted by molar-refractivity contribution is 7.99. The van der Waals surface area contributed by atoms with E-state index in [1.165, 1.54) is 18.7 Å². The van der Waals surface area contributed by atoms with Crippen LogP contribution in [0.15, 0.2) is 48.5 Å². The van der Waals surface area contributed by atoms with Crippen molar-refractivity contribution in [3.63, 3.8) is 0 Å². The monoisotopic (exact) mass is 574 g/mol. The third-order valence-electron chi connectivity index (χ3n) is 7.10. The van der Waals surface area contributed by atoms with Gasteiger partial charge in [0.05, 0.1) is 12.6 Å². The molecule has 0 bridgehead atoms. The molecule has 216 valence electrons. The van der Waals surface area contributed by atoms with Gasteiger partial charge in [-0.3, -0.25) is 4.79 Å². The second-order valence-corrected chi connectivity index (χ2v) is 11.0. The van der Waals surface area contributed by atoms with Gasteiger partial charge >= 0.3 is 12.1 Å². The molecule has 2 aliphatic rings. The molecule has 11 nitrogen and oxygen atoms in total. The first-order chi connectivity index (χ1) is 19.2. The lowest BCUT2D eigenvalue weighted by molar-refractivity contribution is -0.173. The van der Waals surface area contributed by atoms with Crippen LogP contribution in [-0.2, 0) is 19.1 Å². The van der Waals surface area contributed by atoms with Gasteiger partial charge in [0.25, 0.3) is 0 Å². The molecule has 1 saturated heterocycles. The molecule has 6 N–H and O–H groups in total. The number of benzene rings is 2. The van der Waals surface area contributed by atoms with Crippen molar-refractivity contribution in [2.75, 3.05) is 19.0 Å². The Bertz CT molecular complexity index is 1170. The molecule has 1 heterocycles. The van der Waals surface area contributed by atoms with Gasteiger partial charge in [-0.05, 0) is 40.8 Å². The highest BCUT2D eigenvalue weighted by Crippen LogP contribution is 2.44. The Morgan fingerprint density at radius 1 is 1.02 bits per heavy atom. The zero-order valence-electron chi connectivity index (χ0n) is 21.9. The molecule has 40 heavy (non-hydrogen) atoms. The number of carboxylic acid groups (broad SMARTS) is 1.